The number of imide groups is 2. The van der Waals surface area contributed by atoms with E-state index in [2.05, 4.69) is 10.3 Å². The van der Waals surface area contributed by atoms with Crippen molar-refractivity contribution < 1.29 is 14.4 Å². The topological polar surface area (TPSA) is 79.4 Å². The first-order valence-corrected chi connectivity index (χ1v) is 7.06. The molecule has 1 aliphatic heterocycles. The quantitative estimate of drug-likeness (QED) is 0.849. The van der Waals surface area contributed by atoms with E-state index in [0.717, 1.165) is 5.01 Å². The van der Waals surface area contributed by atoms with Gasteiger partial charge in [0, 0.05) is 11.6 Å². The molecule has 3 rings (SSSR count). The highest BCUT2D eigenvalue weighted by Gasteiger charge is 2.63. The van der Waals surface area contributed by atoms with Crippen LogP contribution in [0.25, 0.3) is 0 Å². The van der Waals surface area contributed by atoms with Crippen LogP contribution in [-0.4, -0.2) is 27.7 Å². The molecule has 2 aliphatic rings. The van der Waals surface area contributed by atoms with Gasteiger partial charge >= 0.3 is 6.03 Å². The van der Waals surface area contributed by atoms with E-state index in [4.69, 9.17) is 0 Å². The van der Waals surface area contributed by atoms with E-state index in [1.165, 1.54) is 16.2 Å². The zero-order valence-corrected chi connectivity index (χ0v) is 11.2. The molecule has 1 spiro atoms. The van der Waals surface area contributed by atoms with Gasteiger partial charge in [0.1, 0.15) is 10.4 Å². The van der Waals surface area contributed by atoms with Crippen molar-refractivity contribution in [2.24, 2.45) is 5.41 Å². The van der Waals surface area contributed by atoms with E-state index in [-0.39, 0.29) is 5.91 Å². The first kappa shape index (κ1) is 12.3. The highest BCUT2D eigenvalue weighted by atomic mass is 32.1. The number of carbonyl (C=O) groups is 3. The molecule has 0 radical (unpaired) electrons. The smallest absolute Gasteiger partial charge is 0.277 e. The van der Waals surface area contributed by atoms with Crippen LogP contribution in [0.1, 0.15) is 37.2 Å². The number of hydrogen-bond acceptors (Lipinski definition) is 5. The number of thiazole rings is 1. The maximum absolute atomic E-state index is 12.4. The molecule has 7 heteroatoms. The third-order valence-corrected chi connectivity index (χ3v) is 4.56. The minimum Gasteiger partial charge on any atom is -0.277 e. The van der Waals surface area contributed by atoms with Gasteiger partial charge in [0.25, 0.3) is 0 Å². The molecule has 2 fully saturated rings. The van der Waals surface area contributed by atoms with Crippen LogP contribution in [-0.2, 0) is 9.59 Å². The molecule has 19 heavy (non-hydrogen) atoms. The SMILES string of the molecule is CCC(c1nccs1)N1C(=O)NC(=O)C2(CC2)C1=O. The van der Waals surface area contributed by atoms with E-state index in [9.17, 15) is 14.4 Å². The summed E-state index contributed by atoms with van der Waals surface area (Å²) in [4.78, 5) is 41.5. The molecule has 1 saturated heterocycles. The Kier molecular flexibility index (Phi) is 2.67. The van der Waals surface area contributed by atoms with Gasteiger partial charge in [-0.1, -0.05) is 6.92 Å². The zero-order chi connectivity index (χ0) is 13.6. The van der Waals surface area contributed by atoms with Crippen LogP contribution in [0.5, 0.6) is 0 Å². The molecule has 1 unspecified atom stereocenters. The van der Waals surface area contributed by atoms with Crippen molar-refractivity contribution in [3.05, 3.63) is 16.6 Å². The number of rotatable bonds is 3. The number of aromatic nitrogens is 1. The van der Waals surface area contributed by atoms with Crippen molar-refractivity contribution in [2.75, 3.05) is 0 Å². The summed E-state index contributed by atoms with van der Waals surface area (Å²) < 4.78 is 0. The minimum absolute atomic E-state index is 0.372. The number of hydrogen-bond donors (Lipinski definition) is 1. The maximum Gasteiger partial charge on any atom is 0.331 e. The second-order valence-corrected chi connectivity index (χ2v) is 5.74. The number of urea groups is 1. The summed E-state index contributed by atoms with van der Waals surface area (Å²) in [6.07, 6.45) is 3.27. The molecule has 100 valence electrons. The van der Waals surface area contributed by atoms with Gasteiger partial charge in [-0.15, -0.1) is 11.3 Å². The summed E-state index contributed by atoms with van der Waals surface area (Å²) in [6.45, 7) is 1.89. The predicted molar refractivity (Wildman–Crippen MR) is 67.2 cm³/mol. The summed E-state index contributed by atoms with van der Waals surface area (Å²) in [5, 5.41) is 4.82. The molecule has 4 amide bonds. The lowest BCUT2D eigenvalue weighted by Crippen LogP contribution is -2.59. The maximum atomic E-state index is 12.4. The van der Waals surface area contributed by atoms with Gasteiger partial charge in [-0.25, -0.2) is 9.78 Å². The lowest BCUT2D eigenvalue weighted by molar-refractivity contribution is -0.146. The van der Waals surface area contributed by atoms with Gasteiger partial charge in [0.15, 0.2) is 0 Å². The Morgan fingerprint density at radius 3 is 2.74 bits per heavy atom. The van der Waals surface area contributed by atoms with E-state index in [1.807, 2.05) is 12.3 Å². The monoisotopic (exact) mass is 279 g/mol. The van der Waals surface area contributed by atoms with E-state index >= 15 is 0 Å². The Morgan fingerprint density at radius 2 is 2.21 bits per heavy atom. The van der Waals surface area contributed by atoms with Crippen LogP contribution in [0.4, 0.5) is 4.79 Å². The molecule has 1 N–H and O–H groups in total. The Balaban J connectivity index is 1.96. The molecule has 1 aromatic rings. The van der Waals surface area contributed by atoms with Crippen LogP contribution in [0.15, 0.2) is 11.6 Å². The lowest BCUT2D eigenvalue weighted by Gasteiger charge is -2.34. The number of nitrogens with zero attached hydrogens (tertiary/aromatic N) is 2. The van der Waals surface area contributed by atoms with Gasteiger partial charge in [0.05, 0.1) is 6.04 Å². The molecular formula is C12H13N3O3S. The molecule has 1 aromatic heterocycles. The molecule has 1 saturated carbocycles. The molecule has 1 atom stereocenters. The van der Waals surface area contributed by atoms with Gasteiger partial charge in [-0.05, 0) is 19.3 Å². The fourth-order valence-electron chi connectivity index (χ4n) is 2.41. The van der Waals surface area contributed by atoms with Crippen molar-refractivity contribution in [1.29, 1.82) is 0 Å². The van der Waals surface area contributed by atoms with Gasteiger partial charge in [0.2, 0.25) is 11.8 Å². The van der Waals surface area contributed by atoms with Crippen LogP contribution in [0.3, 0.4) is 0 Å². The van der Waals surface area contributed by atoms with E-state index in [0.29, 0.717) is 19.3 Å². The van der Waals surface area contributed by atoms with Crippen LogP contribution < -0.4 is 5.32 Å². The van der Waals surface area contributed by atoms with Crippen LogP contribution in [0, 0.1) is 5.41 Å². The Hall–Kier alpha value is -1.76. The predicted octanol–water partition coefficient (Wildman–Crippen LogP) is 1.45. The summed E-state index contributed by atoms with van der Waals surface area (Å²) in [5.41, 5.74) is -0.988. The Labute approximate surface area is 113 Å². The van der Waals surface area contributed by atoms with Gasteiger partial charge in [-0.3, -0.25) is 19.8 Å². The fraction of sp³-hybridized carbons (Fsp3) is 0.500. The van der Waals surface area contributed by atoms with Crippen molar-refractivity contribution in [2.45, 2.75) is 32.2 Å². The van der Waals surface area contributed by atoms with Gasteiger partial charge in [-0.2, -0.15) is 0 Å². The van der Waals surface area contributed by atoms with Crippen LogP contribution >= 0.6 is 11.3 Å². The summed E-state index contributed by atoms with van der Waals surface area (Å²) in [7, 11) is 0. The number of carbonyl (C=O) groups excluding carboxylic acids is 3. The summed E-state index contributed by atoms with van der Waals surface area (Å²) in [5.74, 6) is -0.823. The minimum atomic E-state index is -0.988. The Bertz CT molecular complexity index is 551. The molecule has 1 aliphatic carbocycles. The fourth-order valence-corrected chi connectivity index (χ4v) is 3.22. The number of amides is 4. The average molecular weight is 279 g/mol. The highest BCUT2D eigenvalue weighted by molar-refractivity contribution is 7.09. The highest BCUT2D eigenvalue weighted by Crippen LogP contribution is 2.50. The standard InChI is InChI=1S/C12H13N3O3S/c1-2-7(8-13-5-6-19-8)15-10(17)12(3-4-12)9(16)14-11(15)18/h5-7H,2-4H2,1H3,(H,14,16,18). The van der Waals surface area contributed by atoms with E-state index in [1.54, 1.807) is 6.20 Å². The third-order valence-electron chi connectivity index (χ3n) is 3.69. The van der Waals surface area contributed by atoms with Crippen molar-refractivity contribution in [3.63, 3.8) is 0 Å². The largest absolute Gasteiger partial charge is 0.331 e. The summed E-state index contributed by atoms with van der Waals surface area (Å²) in [6, 6.07) is -1.02. The lowest BCUT2D eigenvalue weighted by atomic mass is 10.00. The molecule has 6 nitrogen and oxygen atoms in total. The first-order chi connectivity index (χ1) is 9.10. The van der Waals surface area contributed by atoms with Crippen molar-refractivity contribution in [1.82, 2.24) is 15.2 Å². The van der Waals surface area contributed by atoms with Crippen LogP contribution in [0.2, 0.25) is 0 Å². The zero-order valence-electron chi connectivity index (χ0n) is 10.4. The Morgan fingerprint density at radius 1 is 1.47 bits per heavy atom. The third kappa shape index (κ3) is 1.68. The average Bonchev–Trinajstić information content (AvgIpc) is 3.02. The number of nitrogens with one attached hydrogen (secondary N) is 1. The molecule has 0 bridgehead atoms. The molecule has 0 aromatic carbocycles. The molecule has 2 heterocycles. The second kappa shape index (κ2) is 4.12. The normalized spacial score (nSPS) is 22.6. The van der Waals surface area contributed by atoms with Gasteiger partial charge < -0.3 is 0 Å². The van der Waals surface area contributed by atoms with Crippen molar-refractivity contribution in [3.8, 4) is 0 Å². The first-order valence-electron chi connectivity index (χ1n) is 6.18. The molecular weight excluding hydrogens is 266 g/mol. The number of barbiturate groups is 1. The van der Waals surface area contributed by atoms with Crippen molar-refractivity contribution >= 4 is 29.2 Å². The van der Waals surface area contributed by atoms with E-state index < -0.39 is 23.4 Å². The second-order valence-electron chi connectivity index (χ2n) is 4.81. The summed E-state index contributed by atoms with van der Waals surface area (Å²) >= 11 is 1.40.